The Morgan fingerprint density at radius 1 is 1.18 bits per heavy atom. The molecule has 2 N–H and O–H groups in total. The Kier molecular flexibility index (Phi) is 5.23. The third kappa shape index (κ3) is 3.35. The van der Waals surface area contributed by atoms with Crippen molar-refractivity contribution < 1.29 is 14.6 Å². The number of aliphatic hydroxyl groups excluding tert-OH is 1. The molecule has 28 heavy (non-hydrogen) atoms. The van der Waals surface area contributed by atoms with Crippen LogP contribution in [0.15, 0.2) is 36.4 Å². The number of para-hydroxylation sites is 1. The van der Waals surface area contributed by atoms with Gasteiger partial charge in [0.15, 0.2) is 0 Å². The van der Waals surface area contributed by atoms with Gasteiger partial charge in [-0.1, -0.05) is 31.0 Å². The molecular formula is C23H29NO3S. The second-order valence-corrected chi connectivity index (χ2v) is 9.45. The number of carbonyl (C=O) groups is 1. The van der Waals surface area contributed by atoms with Crippen LogP contribution in [0.25, 0.3) is 0 Å². The molecule has 4 rings (SSSR count). The topological polar surface area (TPSA) is 58.6 Å². The van der Waals surface area contributed by atoms with E-state index in [1.54, 1.807) is 18.4 Å². The lowest BCUT2D eigenvalue weighted by molar-refractivity contribution is -0.123. The van der Waals surface area contributed by atoms with Gasteiger partial charge >= 0.3 is 0 Å². The number of hydrogen-bond acceptors (Lipinski definition) is 4. The molecule has 2 aliphatic carbocycles. The average molecular weight is 400 g/mol. The summed E-state index contributed by atoms with van der Waals surface area (Å²) in [6.07, 6.45) is 5.87. The van der Waals surface area contributed by atoms with Crippen LogP contribution in [0.5, 0.6) is 5.75 Å². The third-order valence-corrected chi connectivity index (χ3v) is 8.02. The lowest BCUT2D eigenvalue weighted by Crippen LogP contribution is -2.43. The number of methoxy groups -OCH3 is 1. The Balaban J connectivity index is 1.52. The molecule has 1 aromatic carbocycles. The highest BCUT2D eigenvalue weighted by Gasteiger charge is 2.53. The standard InChI is InChI=1S/C23H29NO3S/c1-16(25)19-9-10-20(28-19)22(11-5-6-12-22)15-24-21(26)23(13-14-23)17-7-3-4-8-18(17)27-2/h3-4,7-10,16,25H,5-6,11-15H2,1-2H3,(H,24,26). The van der Waals surface area contributed by atoms with E-state index in [2.05, 4.69) is 11.4 Å². The Morgan fingerprint density at radius 2 is 1.89 bits per heavy atom. The monoisotopic (exact) mass is 399 g/mol. The van der Waals surface area contributed by atoms with Crippen molar-refractivity contribution in [1.29, 1.82) is 0 Å². The number of ether oxygens (including phenoxy) is 1. The van der Waals surface area contributed by atoms with Gasteiger partial charge in [-0.05, 0) is 50.8 Å². The summed E-state index contributed by atoms with van der Waals surface area (Å²) in [5.74, 6) is 0.918. The predicted molar refractivity (Wildman–Crippen MR) is 112 cm³/mol. The van der Waals surface area contributed by atoms with Crippen LogP contribution in [0.2, 0.25) is 0 Å². The van der Waals surface area contributed by atoms with Crippen molar-refractivity contribution in [2.45, 2.75) is 62.4 Å². The number of carbonyl (C=O) groups excluding carboxylic acids is 1. The highest BCUT2D eigenvalue weighted by molar-refractivity contribution is 7.12. The molecule has 0 bridgehead atoms. The van der Waals surface area contributed by atoms with Crippen molar-refractivity contribution in [2.24, 2.45) is 0 Å². The quantitative estimate of drug-likeness (QED) is 0.722. The third-order valence-electron chi connectivity index (χ3n) is 6.52. The van der Waals surface area contributed by atoms with Crippen molar-refractivity contribution in [1.82, 2.24) is 5.32 Å². The molecule has 2 saturated carbocycles. The molecule has 5 heteroatoms. The summed E-state index contributed by atoms with van der Waals surface area (Å²) >= 11 is 1.69. The van der Waals surface area contributed by atoms with E-state index < -0.39 is 11.5 Å². The minimum absolute atomic E-state index is 0.00429. The summed E-state index contributed by atoms with van der Waals surface area (Å²) in [5, 5.41) is 13.2. The molecule has 1 aromatic heterocycles. The number of thiophene rings is 1. The second-order valence-electron chi connectivity index (χ2n) is 8.33. The number of aliphatic hydroxyl groups is 1. The van der Waals surface area contributed by atoms with Crippen molar-refractivity contribution in [2.75, 3.05) is 13.7 Å². The summed E-state index contributed by atoms with van der Waals surface area (Å²) in [6.45, 7) is 2.48. The van der Waals surface area contributed by atoms with Gasteiger partial charge in [0, 0.05) is 27.3 Å². The normalized spacial score (nSPS) is 20.5. The Bertz CT molecular complexity index is 847. The van der Waals surface area contributed by atoms with Gasteiger partial charge in [0.2, 0.25) is 5.91 Å². The minimum atomic E-state index is -0.438. The fourth-order valence-electron chi connectivity index (χ4n) is 4.63. The van der Waals surface area contributed by atoms with Crippen LogP contribution in [0.1, 0.15) is 66.9 Å². The Hall–Kier alpha value is -1.85. The molecular weight excluding hydrogens is 370 g/mol. The first-order valence-corrected chi connectivity index (χ1v) is 11.0. The van der Waals surface area contributed by atoms with Crippen LogP contribution in [-0.2, 0) is 15.6 Å². The van der Waals surface area contributed by atoms with Crippen LogP contribution in [0.4, 0.5) is 0 Å². The maximum Gasteiger partial charge on any atom is 0.230 e. The molecule has 0 radical (unpaired) electrons. The van der Waals surface area contributed by atoms with E-state index in [0.29, 0.717) is 6.54 Å². The lowest BCUT2D eigenvalue weighted by Gasteiger charge is -2.29. The van der Waals surface area contributed by atoms with Crippen LogP contribution in [-0.4, -0.2) is 24.7 Å². The van der Waals surface area contributed by atoms with Crippen molar-refractivity contribution in [3.05, 3.63) is 51.7 Å². The van der Waals surface area contributed by atoms with Crippen LogP contribution in [0, 0.1) is 0 Å². The first-order valence-electron chi connectivity index (χ1n) is 10.2. The Morgan fingerprint density at radius 3 is 2.50 bits per heavy atom. The molecule has 0 spiro atoms. The van der Waals surface area contributed by atoms with Crippen molar-refractivity contribution >= 4 is 17.2 Å². The van der Waals surface area contributed by atoms with E-state index in [1.807, 2.05) is 37.3 Å². The molecule has 1 heterocycles. The van der Waals surface area contributed by atoms with Gasteiger partial charge in [-0.15, -0.1) is 11.3 Å². The molecule has 0 aliphatic heterocycles. The smallest absolute Gasteiger partial charge is 0.230 e. The number of rotatable bonds is 7. The summed E-state index contributed by atoms with van der Waals surface area (Å²) < 4.78 is 5.51. The first-order chi connectivity index (χ1) is 13.5. The molecule has 1 atom stereocenters. The fourth-order valence-corrected chi connectivity index (χ4v) is 5.82. The number of benzene rings is 1. The Labute approximate surface area is 170 Å². The summed E-state index contributed by atoms with van der Waals surface area (Å²) in [5.41, 5.74) is 0.569. The molecule has 1 unspecified atom stereocenters. The van der Waals surface area contributed by atoms with Gasteiger partial charge in [-0.25, -0.2) is 0 Å². The maximum absolute atomic E-state index is 13.2. The molecule has 1 amide bonds. The minimum Gasteiger partial charge on any atom is -0.496 e. The predicted octanol–water partition coefficient (Wildman–Crippen LogP) is 4.47. The SMILES string of the molecule is COc1ccccc1C1(C(=O)NCC2(c3ccc(C(C)O)s3)CCCC2)CC1. The summed E-state index contributed by atoms with van der Waals surface area (Å²) in [6, 6.07) is 12.1. The maximum atomic E-state index is 13.2. The van der Waals surface area contributed by atoms with Gasteiger partial charge < -0.3 is 15.2 Å². The first kappa shape index (κ1) is 19.5. The number of hydrogen-bond donors (Lipinski definition) is 2. The highest BCUT2D eigenvalue weighted by atomic mass is 32.1. The lowest BCUT2D eigenvalue weighted by atomic mass is 9.84. The molecule has 2 aliphatic rings. The molecule has 2 fully saturated rings. The second kappa shape index (κ2) is 7.53. The van der Waals surface area contributed by atoms with E-state index in [4.69, 9.17) is 4.74 Å². The number of nitrogens with one attached hydrogen (secondary N) is 1. The number of amides is 1. The zero-order valence-corrected chi connectivity index (χ0v) is 17.5. The summed E-state index contributed by atoms with van der Waals surface area (Å²) in [4.78, 5) is 15.5. The van der Waals surface area contributed by atoms with Crippen LogP contribution < -0.4 is 10.1 Å². The van der Waals surface area contributed by atoms with Crippen molar-refractivity contribution in [3.63, 3.8) is 0 Å². The van der Waals surface area contributed by atoms with E-state index >= 15 is 0 Å². The molecule has 150 valence electrons. The van der Waals surface area contributed by atoms with E-state index in [1.165, 1.54) is 17.7 Å². The van der Waals surface area contributed by atoms with Gasteiger partial charge in [-0.2, -0.15) is 0 Å². The van der Waals surface area contributed by atoms with Gasteiger partial charge in [0.25, 0.3) is 0 Å². The van der Waals surface area contributed by atoms with E-state index in [9.17, 15) is 9.90 Å². The zero-order valence-electron chi connectivity index (χ0n) is 16.7. The molecule has 4 nitrogen and oxygen atoms in total. The van der Waals surface area contributed by atoms with Gasteiger partial charge in [0.1, 0.15) is 5.75 Å². The molecule has 0 saturated heterocycles. The highest BCUT2D eigenvalue weighted by Crippen LogP contribution is 2.52. The average Bonchev–Trinajstić information content (AvgIpc) is 3.13. The fraction of sp³-hybridized carbons (Fsp3) is 0.522. The summed E-state index contributed by atoms with van der Waals surface area (Å²) in [7, 11) is 1.66. The van der Waals surface area contributed by atoms with Crippen molar-refractivity contribution in [3.8, 4) is 5.75 Å². The van der Waals surface area contributed by atoms with E-state index in [-0.39, 0.29) is 11.3 Å². The largest absolute Gasteiger partial charge is 0.496 e. The van der Waals surface area contributed by atoms with Crippen LogP contribution >= 0.6 is 11.3 Å². The zero-order chi connectivity index (χ0) is 19.8. The molecule has 2 aromatic rings. The van der Waals surface area contributed by atoms with Crippen LogP contribution in [0.3, 0.4) is 0 Å². The van der Waals surface area contributed by atoms with E-state index in [0.717, 1.165) is 41.9 Å². The van der Waals surface area contributed by atoms with Gasteiger partial charge in [0.05, 0.1) is 18.6 Å². The van der Waals surface area contributed by atoms with Gasteiger partial charge in [-0.3, -0.25) is 4.79 Å².